The lowest BCUT2D eigenvalue weighted by Gasteiger charge is -2.15. The van der Waals surface area contributed by atoms with Crippen molar-refractivity contribution in [3.8, 4) is 34.5 Å². The number of nitrogens with zero attached hydrogens (tertiary/aromatic N) is 6. The summed E-state index contributed by atoms with van der Waals surface area (Å²) in [6.45, 7) is 17.5. The Morgan fingerprint density at radius 1 is 0.422 bits per heavy atom. The minimum absolute atomic E-state index is 0.0168. The van der Waals surface area contributed by atoms with Crippen LogP contribution in [0.3, 0.4) is 0 Å². The maximum atomic E-state index is 9.55. The van der Waals surface area contributed by atoms with Crippen molar-refractivity contribution >= 4 is 37.3 Å². The molecule has 0 aliphatic carbocycles. The first-order valence-electron chi connectivity index (χ1n) is 27.0. The first kappa shape index (κ1) is 72.9. The highest BCUT2D eigenvalue weighted by atomic mass is 16.3. The molecule has 0 radical (unpaired) electrons. The van der Waals surface area contributed by atoms with Crippen LogP contribution in [0.15, 0.2) is 169 Å². The molecule has 0 bridgehead atoms. The third-order valence-corrected chi connectivity index (χ3v) is 11.4. The molecule has 6 aromatic carbocycles. The van der Waals surface area contributed by atoms with Crippen LogP contribution in [0.2, 0.25) is 0 Å². The van der Waals surface area contributed by atoms with Crippen LogP contribution >= 0.6 is 0 Å². The molecule has 0 aliphatic heterocycles. The van der Waals surface area contributed by atoms with Gasteiger partial charge in [0.15, 0.2) is 0 Å². The van der Waals surface area contributed by atoms with Crippen LogP contribution in [-0.4, -0.2) is 174 Å². The van der Waals surface area contributed by atoms with Crippen molar-refractivity contribution in [3.05, 3.63) is 178 Å². The van der Waals surface area contributed by atoms with Crippen molar-refractivity contribution < 1.29 is 61.3 Å². The molecule has 6 aromatic rings. The molecule has 0 aliphatic rings. The van der Waals surface area contributed by atoms with Gasteiger partial charge in [-0.05, 0) is 127 Å². The summed E-state index contributed by atoms with van der Waals surface area (Å²) >= 11 is 0. The highest BCUT2D eigenvalue weighted by Gasteiger charge is 2.14. The number of hydrogen-bond donors (Lipinski definition) is 12. The zero-order valence-corrected chi connectivity index (χ0v) is 49.3. The Morgan fingerprint density at radius 3 is 1.13 bits per heavy atom. The van der Waals surface area contributed by atoms with E-state index in [9.17, 15) is 30.6 Å². The Hall–Kier alpha value is -8.10. The van der Waals surface area contributed by atoms with Gasteiger partial charge in [0, 0.05) is 70.7 Å². The van der Waals surface area contributed by atoms with Crippen molar-refractivity contribution in [2.75, 3.05) is 46.2 Å². The van der Waals surface area contributed by atoms with Gasteiger partial charge in [0.2, 0.25) is 0 Å². The highest BCUT2D eigenvalue weighted by Crippen LogP contribution is 2.20. The number of benzene rings is 6. The molecular formula is C65H88N6O12. The van der Waals surface area contributed by atoms with Gasteiger partial charge in [-0.3, -0.25) is 30.0 Å². The number of phenolic OH excluding ortho intramolecular Hbond substituents is 6. The van der Waals surface area contributed by atoms with Crippen molar-refractivity contribution in [2.45, 2.75) is 97.9 Å². The summed E-state index contributed by atoms with van der Waals surface area (Å²) < 4.78 is 0. The minimum Gasteiger partial charge on any atom is -0.507 e. The average Bonchev–Trinajstić information content (AvgIpc) is 3.48. The first-order valence-corrected chi connectivity index (χ1v) is 27.0. The van der Waals surface area contributed by atoms with E-state index in [0.717, 1.165) is 12.0 Å². The fraction of sp³-hybridized carbons (Fsp3) is 0.354. The number of rotatable bonds is 20. The number of phenols is 6. The quantitative estimate of drug-likeness (QED) is 0.0319. The van der Waals surface area contributed by atoms with Crippen LogP contribution in [0.4, 0.5) is 0 Å². The van der Waals surface area contributed by atoms with Crippen LogP contribution < -0.4 is 0 Å². The van der Waals surface area contributed by atoms with Crippen LogP contribution in [0.1, 0.15) is 101 Å². The van der Waals surface area contributed by atoms with E-state index in [1.807, 2.05) is 97.9 Å². The van der Waals surface area contributed by atoms with Crippen LogP contribution in [0.5, 0.6) is 34.5 Å². The molecule has 83 heavy (non-hydrogen) atoms. The van der Waals surface area contributed by atoms with Gasteiger partial charge < -0.3 is 61.3 Å². The Balaban J connectivity index is 0.000000499. The normalized spacial score (nSPS) is 12.6. The topological polar surface area (TPSA) is 317 Å². The van der Waals surface area contributed by atoms with Crippen molar-refractivity contribution in [1.82, 2.24) is 0 Å². The van der Waals surface area contributed by atoms with Gasteiger partial charge in [0.1, 0.15) is 34.5 Å². The smallest absolute Gasteiger partial charge is 0.124 e. The maximum Gasteiger partial charge on any atom is 0.124 e. The standard InChI is InChI=1S/2C12H17NO2.2C11H15NO2.C10H13NO2.C9H11NO2/c1-9-4-5-11(15)10(6-9)7-13-12(2,3)8-14;1-9(2)11(8-14)13-7-10-5-3-4-6-12(10)15;1-11(2,8-13)12-7-9-5-3-4-6-10(9)14;1-2-10(8-13)12-7-9-5-3-4-6-11(9)14;1-8(7-12)11-6-9-4-2-3-5-10(9)13;11-6-5-10-7-8-3-1-2-4-9(8)12/h4-7,14-15H,8H2,1-3H3;3-7,9,11,14-15H,8H2,1-2H3;3-7,13-14H,8H2,1-2H3;3-7,10,13-14H,2,8H2,1H3;2-6,8,12-13H,7H2,1H3;1-4,7,11-12H,5-6H2. The Kier molecular flexibility index (Phi) is 36.0. The molecule has 3 atom stereocenters. The Bertz CT molecular complexity index is 2920. The van der Waals surface area contributed by atoms with Gasteiger partial charge in [-0.1, -0.05) is 93.1 Å². The molecule has 12 N–H and O–H groups in total. The molecule has 0 saturated carbocycles. The number of hydrogen-bond acceptors (Lipinski definition) is 18. The second-order valence-electron chi connectivity index (χ2n) is 20.2. The number of para-hydroxylation sites is 5. The monoisotopic (exact) mass is 1140 g/mol. The Labute approximate surface area is 489 Å². The lowest BCUT2D eigenvalue weighted by molar-refractivity contribution is 0.223. The predicted molar refractivity (Wildman–Crippen MR) is 337 cm³/mol. The second-order valence-corrected chi connectivity index (χ2v) is 20.2. The largest absolute Gasteiger partial charge is 0.507 e. The van der Waals surface area contributed by atoms with Crippen molar-refractivity contribution in [3.63, 3.8) is 0 Å². The van der Waals surface area contributed by atoms with E-state index in [4.69, 9.17) is 30.6 Å². The third-order valence-electron chi connectivity index (χ3n) is 11.4. The maximum absolute atomic E-state index is 9.55. The molecule has 0 heterocycles. The molecule has 18 heteroatoms. The van der Waals surface area contributed by atoms with E-state index < -0.39 is 11.1 Å². The molecule has 6 rings (SSSR count). The molecule has 0 saturated heterocycles. The van der Waals surface area contributed by atoms with Crippen LogP contribution in [-0.2, 0) is 0 Å². The molecule has 0 spiro atoms. The summed E-state index contributed by atoms with van der Waals surface area (Å²) in [6, 6.07) is 39.8. The minimum atomic E-state index is -0.504. The van der Waals surface area contributed by atoms with E-state index in [1.165, 1.54) is 0 Å². The Morgan fingerprint density at radius 2 is 0.783 bits per heavy atom. The molecule has 0 amide bonds. The van der Waals surface area contributed by atoms with Crippen molar-refractivity contribution in [2.24, 2.45) is 35.9 Å². The van der Waals surface area contributed by atoms with Gasteiger partial charge in [0.05, 0.1) is 75.4 Å². The zero-order valence-electron chi connectivity index (χ0n) is 49.3. The van der Waals surface area contributed by atoms with E-state index in [2.05, 4.69) is 30.0 Å². The fourth-order valence-electron chi connectivity index (χ4n) is 5.88. The van der Waals surface area contributed by atoms with Gasteiger partial charge >= 0.3 is 0 Å². The molecule has 18 nitrogen and oxygen atoms in total. The lowest BCUT2D eigenvalue weighted by Crippen LogP contribution is -2.21. The number of aliphatic hydroxyl groups is 6. The number of aryl methyl sites for hydroxylation is 1. The predicted octanol–water partition coefficient (Wildman–Crippen LogP) is 8.88. The summed E-state index contributed by atoms with van der Waals surface area (Å²) in [5.41, 5.74) is 4.10. The molecule has 0 fully saturated rings. The first-order chi connectivity index (χ1) is 39.5. The fourth-order valence-corrected chi connectivity index (χ4v) is 5.88. The highest BCUT2D eigenvalue weighted by molar-refractivity contribution is 5.86. The summed E-state index contributed by atoms with van der Waals surface area (Å²) in [5, 5.41) is 110. The van der Waals surface area contributed by atoms with E-state index in [1.54, 1.807) is 141 Å². The average molecular weight is 1150 g/mol. The zero-order chi connectivity index (χ0) is 62.2. The SMILES string of the molecule is CC(C)(CO)N=Cc1ccccc1O.CC(C)C(CO)N=Cc1ccccc1O.CC(CO)N=Cc1ccccc1O.CCC(CO)N=Cc1ccccc1O.Cc1ccc(O)c(C=NC(C)(C)CO)c1.OCCN=Cc1ccccc1O. The van der Waals surface area contributed by atoms with Crippen LogP contribution in [0.25, 0.3) is 0 Å². The second kappa shape index (κ2) is 41.0. The van der Waals surface area contributed by atoms with Crippen LogP contribution in [0, 0.1) is 12.8 Å². The molecular weight excluding hydrogens is 1060 g/mol. The third kappa shape index (κ3) is 31.6. The van der Waals surface area contributed by atoms with E-state index in [0.29, 0.717) is 39.9 Å². The molecule has 450 valence electrons. The summed E-state index contributed by atoms with van der Waals surface area (Å²) in [7, 11) is 0. The lowest BCUT2D eigenvalue weighted by atomic mass is 10.1. The number of aliphatic hydroxyl groups excluding tert-OH is 6. The van der Waals surface area contributed by atoms with Gasteiger partial charge in [-0.2, -0.15) is 0 Å². The number of aliphatic imine (C=N–C) groups is 6. The van der Waals surface area contributed by atoms with Gasteiger partial charge in [0.25, 0.3) is 0 Å². The summed E-state index contributed by atoms with van der Waals surface area (Å²) in [5.74, 6) is 1.53. The molecule has 0 aromatic heterocycles. The van der Waals surface area contributed by atoms with E-state index in [-0.39, 0.29) is 98.2 Å². The molecule has 3 unspecified atom stereocenters. The summed E-state index contributed by atoms with van der Waals surface area (Å²) in [6.07, 6.45) is 10.3. The van der Waals surface area contributed by atoms with Gasteiger partial charge in [-0.15, -0.1) is 0 Å². The van der Waals surface area contributed by atoms with Crippen molar-refractivity contribution in [1.29, 1.82) is 0 Å². The van der Waals surface area contributed by atoms with Gasteiger partial charge in [-0.25, -0.2) is 0 Å². The van der Waals surface area contributed by atoms with E-state index >= 15 is 0 Å². The summed E-state index contributed by atoms with van der Waals surface area (Å²) in [4.78, 5) is 24.7. The number of aromatic hydroxyl groups is 6.